The van der Waals surface area contributed by atoms with Gasteiger partial charge in [0.2, 0.25) is 5.13 Å². The number of aromatic amines is 1. The third kappa shape index (κ3) is 6.61. The number of halogens is 3. The number of hydrogen-bond donors (Lipinski definition) is 2. The van der Waals surface area contributed by atoms with Crippen LogP contribution in [0.1, 0.15) is 28.9 Å². The zero-order valence-electron chi connectivity index (χ0n) is 16.7. The van der Waals surface area contributed by atoms with Crippen molar-refractivity contribution in [3.8, 4) is 16.9 Å². The summed E-state index contributed by atoms with van der Waals surface area (Å²) in [6.07, 6.45) is 4.98. The van der Waals surface area contributed by atoms with E-state index in [0.29, 0.717) is 27.2 Å². The van der Waals surface area contributed by atoms with E-state index in [1.54, 1.807) is 13.0 Å². The van der Waals surface area contributed by atoms with E-state index in [1.807, 2.05) is 0 Å². The van der Waals surface area contributed by atoms with Crippen LogP contribution in [0, 0.1) is 6.92 Å². The van der Waals surface area contributed by atoms with E-state index in [0.717, 1.165) is 19.4 Å². The van der Waals surface area contributed by atoms with E-state index in [1.165, 1.54) is 25.1 Å². The van der Waals surface area contributed by atoms with E-state index in [4.69, 9.17) is 4.74 Å². The zero-order chi connectivity index (χ0) is 23.1. The first-order valence-corrected chi connectivity index (χ1v) is 11.0. The lowest BCUT2D eigenvalue weighted by Crippen LogP contribution is -2.14. The molecular formula is C19H18BrF2N5O4S. The van der Waals surface area contributed by atoms with E-state index in [2.05, 4.69) is 46.1 Å². The molecule has 0 saturated carbocycles. The molecule has 9 nitrogen and oxygen atoms in total. The van der Waals surface area contributed by atoms with Gasteiger partial charge in [-0.3, -0.25) is 19.9 Å². The Morgan fingerprint density at radius 1 is 1.25 bits per heavy atom. The highest BCUT2D eigenvalue weighted by Gasteiger charge is 2.20. The molecule has 1 saturated heterocycles. The largest absolute Gasteiger partial charge is 0.433 e. The summed E-state index contributed by atoms with van der Waals surface area (Å²) in [7, 11) is 0. The number of alkyl halides is 2. The molecule has 3 aromatic heterocycles. The molecule has 1 amide bonds. The molecule has 0 radical (unpaired) electrons. The van der Waals surface area contributed by atoms with Gasteiger partial charge in [-0.05, 0) is 59.2 Å². The maximum absolute atomic E-state index is 12.8. The fourth-order valence-electron chi connectivity index (χ4n) is 2.74. The van der Waals surface area contributed by atoms with Gasteiger partial charge in [-0.2, -0.15) is 8.78 Å². The number of aryl methyl sites for hydroxylation is 1. The minimum absolute atomic E-state index is 0.0662. The number of nitrogens with one attached hydrogen (secondary N) is 2. The van der Waals surface area contributed by atoms with Crippen LogP contribution in [0.2, 0.25) is 0 Å². The molecule has 0 aromatic carbocycles. The molecule has 1 aliphatic rings. The summed E-state index contributed by atoms with van der Waals surface area (Å²) >= 11 is 3.89. The summed E-state index contributed by atoms with van der Waals surface area (Å²) in [5.74, 6) is -0.812. The van der Waals surface area contributed by atoms with Gasteiger partial charge in [-0.15, -0.1) is 5.10 Å². The monoisotopic (exact) mass is 529 g/mol. The molecular weight excluding hydrogens is 512 g/mol. The van der Waals surface area contributed by atoms with Crippen molar-refractivity contribution in [1.82, 2.24) is 20.2 Å². The highest BCUT2D eigenvalue weighted by Crippen LogP contribution is 2.35. The molecule has 3 aromatic rings. The van der Waals surface area contributed by atoms with E-state index >= 15 is 0 Å². The highest BCUT2D eigenvalue weighted by atomic mass is 79.9. The summed E-state index contributed by atoms with van der Waals surface area (Å²) in [4.78, 5) is 31.3. The van der Waals surface area contributed by atoms with Crippen LogP contribution >= 0.6 is 27.3 Å². The number of amides is 1. The van der Waals surface area contributed by atoms with Crippen LogP contribution in [0.25, 0.3) is 11.1 Å². The number of ether oxygens (including phenoxy) is 2. The second-order valence-corrected chi connectivity index (χ2v) is 8.22. The molecule has 0 bridgehead atoms. The van der Waals surface area contributed by atoms with Crippen LogP contribution in [-0.4, -0.2) is 45.9 Å². The molecule has 0 atom stereocenters. The molecule has 0 unspecified atom stereocenters. The SMILES string of the molecule is C1CCOC1.Cc1cc(-c2cc(Br)ncc2OC(F)F)c(C(=O)Nc2n[nH]c(=O)s2)cn1. The summed E-state index contributed by atoms with van der Waals surface area (Å²) in [5.41, 5.74) is 1.17. The van der Waals surface area contributed by atoms with E-state index < -0.39 is 17.4 Å². The van der Waals surface area contributed by atoms with Crippen molar-refractivity contribution in [2.75, 3.05) is 18.5 Å². The Morgan fingerprint density at radius 3 is 2.59 bits per heavy atom. The topological polar surface area (TPSA) is 119 Å². The van der Waals surface area contributed by atoms with Crippen molar-refractivity contribution in [2.45, 2.75) is 26.4 Å². The lowest BCUT2D eigenvalue weighted by molar-refractivity contribution is -0.0496. The van der Waals surface area contributed by atoms with Gasteiger partial charge in [-0.1, -0.05) is 0 Å². The standard InChI is InChI=1S/C15H10BrF2N5O3S.C4H8O/c1-6-2-7(8-3-11(16)20-5-10(8)26-13(17)18)9(4-19-6)12(24)21-14-22-23-15(25)27-14;1-2-4-5-3-1/h2-5,13H,1H3,(H,23,25)(H,21,22,24);1-4H2. The third-order valence-electron chi connectivity index (χ3n) is 4.11. The smallest absolute Gasteiger partial charge is 0.387 e. The normalized spacial score (nSPS) is 12.9. The first-order valence-electron chi connectivity index (χ1n) is 9.35. The maximum atomic E-state index is 12.8. The van der Waals surface area contributed by atoms with Crippen LogP contribution in [-0.2, 0) is 4.74 Å². The molecule has 32 heavy (non-hydrogen) atoms. The molecule has 0 aliphatic carbocycles. The summed E-state index contributed by atoms with van der Waals surface area (Å²) in [5, 5.41) is 8.37. The number of aromatic nitrogens is 4. The third-order valence-corrected chi connectivity index (χ3v) is 5.21. The predicted octanol–water partition coefficient (Wildman–Crippen LogP) is 4.01. The summed E-state index contributed by atoms with van der Waals surface area (Å²) < 4.78 is 35.3. The number of H-pyrrole nitrogens is 1. The van der Waals surface area contributed by atoms with Crippen LogP contribution in [0.4, 0.5) is 13.9 Å². The van der Waals surface area contributed by atoms with E-state index in [-0.39, 0.29) is 22.0 Å². The van der Waals surface area contributed by atoms with Crippen molar-refractivity contribution in [2.24, 2.45) is 0 Å². The number of rotatable bonds is 5. The lowest BCUT2D eigenvalue weighted by atomic mass is 10.0. The van der Waals surface area contributed by atoms with Gasteiger partial charge >= 0.3 is 11.5 Å². The highest BCUT2D eigenvalue weighted by molar-refractivity contribution is 9.10. The maximum Gasteiger partial charge on any atom is 0.387 e. The second-order valence-electron chi connectivity index (χ2n) is 6.44. The Morgan fingerprint density at radius 2 is 2.00 bits per heavy atom. The number of nitrogens with zero attached hydrogens (tertiary/aromatic N) is 3. The summed E-state index contributed by atoms with van der Waals surface area (Å²) in [6.45, 7) is 0.627. The number of hydrogen-bond acceptors (Lipinski definition) is 8. The molecule has 4 rings (SSSR count). The number of carbonyl (C=O) groups excluding carboxylic acids is 1. The van der Waals surface area contributed by atoms with Gasteiger partial charge < -0.3 is 9.47 Å². The van der Waals surface area contributed by atoms with Gasteiger partial charge in [0, 0.05) is 36.2 Å². The van der Waals surface area contributed by atoms with Crippen molar-refractivity contribution in [1.29, 1.82) is 0 Å². The molecule has 1 aliphatic heterocycles. The predicted molar refractivity (Wildman–Crippen MR) is 117 cm³/mol. The van der Waals surface area contributed by atoms with Gasteiger partial charge in [-0.25, -0.2) is 10.1 Å². The fraction of sp³-hybridized carbons (Fsp3) is 0.316. The molecule has 170 valence electrons. The molecule has 2 N–H and O–H groups in total. The fourth-order valence-corrected chi connectivity index (χ4v) is 3.57. The number of anilines is 1. The Labute approximate surface area is 193 Å². The average Bonchev–Trinajstić information content (AvgIpc) is 3.44. The number of carbonyl (C=O) groups is 1. The Kier molecular flexibility index (Phi) is 8.36. The zero-order valence-corrected chi connectivity index (χ0v) is 19.1. The van der Waals surface area contributed by atoms with Crippen molar-refractivity contribution < 1.29 is 23.0 Å². The van der Waals surface area contributed by atoms with Gasteiger partial charge in [0.25, 0.3) is 5.91 Å². The van der Waals surface area contributed by atoms with Crippen LogP contribution in [0.3, 0.4) is 0 Å². The first kappa shape index (κ1) is 23.9. The van der Waals surface area contributed by atoms with Gasteiger partial charge in [0.1, 0.15) is 4.60 Å². The van der Waals surface area contributed by atoms with Crippen LogP contribution < -0.4 is 14.9 Å². The summed E-state index contributed by atoms with van der Waals surface area (Å²) in [6, 6.07) is 3.01. The van der Waals surface area contributed by atoms with Gasteiger partial charge in [0.05, 0.1) is 11.8 Å². The Hall–Kier alpha value is -2.77. The van der Waals surface area contributed by atoms with E-state index in [9.17, 15) is 18.4 Å². The van der Waals surface area contributed by atoms with Gasteiger partial charge in [0.15, 0.2) is 5.75 Å². The van der Waals surface area contributed by atoms with Crippen molar-refractivity contribution >= 4 is 38.3 Å². The average molecular weight is 530 g/mol. The number of pyridine rings is 2. The van der Waals surface area contributed by atoms with Crippen LogP contribution in [0.5, 0.6) is 5.75 Å². The Bertz CT molecular complexity index is 1130. The second kappa shape index (κ2) is 11.2. The minimum atomic E-state index is -3.06. The molecule has 4 heterocycles. The first-order chi connectivity index (χ1) is 15.3. The van der Waals surface area contributed by atoms with Crippen molar-refractivity contribution in [3.63, 3.8) is 0 Å². The molecule has 1 fully saturated rings. The lowest BCUT2D eigenvalue weighted by Gasteiger charge is -2.14. The van der Waals surface area contributed by atoms with Crippen molar-refractivity contribution in [3.05, 3.63) is 50.1 Å². The molecule has 13 heteroatoms. The quantitative estimate of drug-likeness (QED) is 0.479. The van der Waals surface area contributed by atoms with Crippen LogP contribution in [0.15, 0.2) is 33.9 Å². The minimum Gasteiger partial charge on any atom is -0.433 e. The Balaban J connectivity index is 0.000000509. The molecule has 0 spiro atoms.